The summed E-state index contributed by atoms with van der Waals surface area (Å²) in [5, 5.41) is 17.4. The monoisotopic (exact) mass is 405 g/mol. The maximum absolute atomic E-state index is 15.4. The van der Waals surface area contributed by atoms with Crippen molar-refractivity contribution < 1.29 is 23.8 Å². The molecule has 0 atom stereocenters. The van der Waals surface area contributed by atoms with Gasteiger partial charge in [-0.15, -0.1) is 0 Å². The third-order valence-electron chi connectivity index (χ3n) is 5.54. The van der Waals surface area contributed by atoms with E-state index in [1.54, 1.807) is 15.7 Å². The van der Waals surface area contributed by atoms with Crippen molar-refractivity contribution in [2.75, 3.05) is 31.1 Å². The van der Waals surface area contributed by atoms with Gasteiger partial charge in [-0.25, -0.2) is 13.6 Å². The molecule has 0 bridgehead atoms. The minimum atomic E-state index is -1.83. The molecular formula is C20H21F2N3O4. The Morgan fingerprint density at radius 1 is 1.17 bits per heavy atom. The van der Waals surface area contributed by atoms with Crippen LogP contribution in [-0.2, 0) is 0 Å². The van der Waals surface area contributed by atoms with Crippen LogP contribution >= 0.6 is 0 Å². The van der Waals surface area contributed by atoms with Crippen molar-refractivity contribution in [1.82, 2.24) is 9.88 Å². The first-order valence-corrected chi connectivity index (χ1v) is 9.47. The van der Waals surface area contributed by atoms with Crippen molar-refractivity contribution >= 4 is 22.7 Å². The summed E-state index contributed by atoms with van der Waals surface area (Å²) < 4.78 is 32.0. The number of carbonyl (C=O) groups is 1. The number of fused-ring (bicyclic) bond motifs is 1. The van der Waals surface area contributed by atoms with Crippen molar-refractivity contribution in [1.29, 1.82) is 0 Å². The molecule has 0 saturated heterocycles. The van der Waals surface area contributed by atoms with E-state index in [0.717, 1.165) is 32.4 Å². The van der Waals surface area contributed by atoms with E-state index in [1.165, 1.54) is 23.3 Å². The van der Waals surface area contributed by atoms with Crippen LogP contribution < -0.4 is 15.6 Å². The lowest BCUT2D eigenvalue weighted by molar-refractivity contribution is 0.137. The molecule has 0 unspecified atom stereocenters. The van der Waals surface area contributed by atoms with Crippen LogP contribution in [0.4, 0.5) is 19.3 Å². The van der Waals surface area contributed by atoms with E-state index in [2.05, 4.69) is 5.32 Å². The average molecular weight is 405 g/mol. The first-order valence-electron chi connectivity index (χ1n) is 9.47. The van der Waals surface area contributed by atoms with Gasteiger partial charge in [-0.1, -0.05) is 0 Å². The number of nitrogens with one attached hydrogen (secondary N) is 1. The van der Waals surface area contributed by atoms with Gasteiger partial charge in [0.25, 0.3) is 0 Å². The second-order valence-corrected chi connectivity index (χ2v) is 7.51. The molecule has 1 aromatic heterocycles. The molecule has 29 heavy (non-hydrogen) atoms. The van der Waals surface area contributed by atoms with Gasteiger partial charge >= 0.3 is 6.16 Å². The second kappa shape index (κ2) is 7.47. The fourth-order valence-electron chi connectivity index (χ4n) is 4.11. The molecule has 3 heterocycles. The summed E-state index contributed by atoms with van der Waals surface area (Å²) >= 11 is 0. The van der Waals surface area contributed by atoms with E-state index < -0.39 is 17.8 Å². The number of carboxylic acid groups (broad SMARTS) is 2. The van der Waals surface area contributed by atoms with Gasteiger partial charge in [0.05, 0.1) is 10.9 Å². The normalized spacial score (nSPS) is 18.5. The summed E-state index contributed by atoms with van der Waals surface area (Å²) in [7, 11) is 0. The minimum Gasteiger partial charge on any atom is -0.450 e. The maximum Gasteiger partial charge on any atom is 0.503 e. The van der Waals surface area contributed by atoms with E-state index in [0.29, 0.717) is 13.1 Å². The quantitative estimate of drug-likeness (QED) is 0.665. The van der Waals surface area contributed by atoms with Crippen molar-refractivity contribution in [2.45, 2.75) is 25.3 Å². The highest BCUT2D eigenvalue weighted by Gasteiger charge is 2.31. The first kappa shape index (κ1) is 19.4. The maximum atomic E-state index is 15.4. The van der Waals surface area contributed by atoms with E-state index in [-0.39, 0.29) is 28.1 Å². The van der Waals surface area contributed by atoms with Crippen LogP contribution in [0.3, 0.4) is 0 Å². The summed E-state index contributed by atoms with van der Waals surface area (Å²) in [6, 6.07) is 2.83. The molecule has 0 spiro atoms. The van der Waals surface area contributed by atoms with Gasteiger partial charge in [-0.3, -0.25) is 4.79 Å². The lowest BCUT2D eigenvalue weighted by atomic mass is 10.1. The molecule has 1 fully saturated rings. The lowest BCUT2D eigenvalue weighted by Crippen LogP contribution is -2.26. The Hall–Kier alpha value is -2.94. The smallest absolute Gasteiger partial charge is 0.450 e. The highest BCUT2D eigenvalue weighted by molar-refractivity contribution is 5.84. The van der Waals surface area contributed by atoms with Gasteiger partial charge in [0.1, 0.15) is 11.5 Å². The van der Waals surface area contributed by atoms with Gasteiger partial charge in [0.2, 0.25) is 0 Å². The van der Waals surface area contributed by atoms with E-state index in [4.69, 9.17) is 15.0 Å². The molecule has 2 aromatic rings. The van der Waals surface area contributed by atoms with Gasteiger partial charge in [0, 0.05) is 37.9 Å². The number of anilines is 1. The molecule has 0 amide bonds. The Balaban J connectivity index is 0.000000472. The predicted molar refractivity (Wildman–Crippen MR) is 104 cm³/mol. The third-order valence-corrected chi connectivity index (χ3v) is 5.54. The SMILES string of the molecule is O=C(O)O.O=c1ccn(C2CC2)c2c(F)c(N3CC4=C(CNCC4)C3)c(F)cc12. The Bertz CT molecular complexity index is 1050. The summed E-state index contributed by atoms with van der Waals surface area (Å²) in [6.45, 7) is 2.81. The molecule has 1 aliphatic carbocycles. The summed E-state index contributed by atoms with van der Waals surface area (Å²) in [4.78, 5) is 22.5. The zero-order valence-corrected chi connectivity index (χ0v) is 15.6. The predicted octanol–water partition coefficient (Wildman–Crippen LogP) is 2.95. The van der Waals surface area contributed by atoms with Crippen LogP contribution in [0, 0.1) is 11.6 Å². The Kier molecular flexibility index (Phi) is 4.99. The Morgan fingerprint density at radius 2 is 1.86 bits per heavy atom. The molecule has 9 heteroatoms. The highest BCUT2D eigenvalue weighted by atomic mass is 19.1. The number of benzene rings is 1. The van der Waals surface area contributed by atoms with Crippen molar-refractivity contribution in [2.24, 2.45) is 0 Å². The second-order valence-electron chi connectivity index (χ2n) is 7.51. The Labute approximate surface area is 164 Å². The van der Waals surface area contributed by atoms with Crippen LogP contribution in [-0.4, -0.2) is 47.1 Å². The van der Waals surface area contributed by atoms with Crippen LogP contribution in [0.15, 0.2) is 34.3 Å². The van der Waals surface area contributed by atoms with Crippen LogP contribution in [0.1, 0.15) is 25.3 Å². The van der Waals surface area contributed by atoms with Crippen molar-refractivity contribution in [3.63, 3.8) is 0 Å². The zero-order valence-electron chi connectivity index (χ0n) is 15.6. The third kappa shape index (κ3) is 3.69. The van der Waals surface area contributed by atoms with E-state index in [1.807, 2.05) is 0 Å². The van der Waals surface area contributed by atoms with E-state index >= 15 is 4.39 Å². The molecule has 0 radical (unpaired) electrons. The number of hydrogen-bond acceptors (Lipinski definition) is 4. The van der Waals surface area contributed by atoms with Gasteiger partial charge in [-0.2, -0.15) is 0 Å². The topological polar surface area (TPSA) is 94.8 Å². The Morgan fingerprint density at radius 3 is 2.52 bits per heavy atom. The largest absolute Gasteiger partial charge is 0.503 e. The number of nitrogens with zero attached hydrogens (tertiary/aromatic N) is 2. The molecule has 5 rings (SSSR count). The standard InChI is InChI=1S/C19H19F2N3O.CH2O3/c20-15-7-14-16(25)4-6-24(13-1-2-13)18(14)17(21)19(15)23-9-11-3-5-22-8-12(11)10-23;2-1(3)4/h4,6-7,13,22H,1-3,5,8-10H2;(H2,2,3,4). The van der Waals surface area contributed by atoms with Crippen LogP contribution in [0.25, 0.3) is 10.9 Å². The van der Waals surface area contributed by atoms with E-state index in [9.17, 15) is 9.18 Å². The number of aromatic nitrogens is 1. The minimum absolute atomic E-state index is 0.00176. The average Bonchev–Trinajstić information content (AvgIpc) is 3.41. The molecule has 1 saturated carbocycles. The van der Waals surface area contributed by atoms with Crippen LogP contribution in [0.2, 0.25) is 0 Å². The number of rotatable bonds is 2. The molecule has 2 aliphatic heterocycles. The summed E-state index contributed by atoms with van der Waals surface area (Å²) in [6.07, 6.45) is 2.67. The number of halogens is 2. The molecule has 3 aliphatic rings. The van der Waals surface area contributed by atoms with Gasteiger partial charge < -0.3 is 25.0 Å². The van der Waals surface area contributed by atoms with Crippen molar-refractivity contribution in [3.8, 4) is 0 Å². The first-order chi connectivity index (χ1) is 13.9. The number of hydrogen-bond donors (Lipinski definition) is 3. The highest BCUT2D eigenvalue weighted by Crippen LogP contribution is 2.40. The molecule has 3 N–H and O–H groups in total. The number of pyridine rings is 1. The lowest BCUT2D eigenvalue weighted by Gasteiger charge is -2.22. The zero-order chi connectivity index (χ0) is 20.7. The molecule has 7 nitrogen and oxygen atoms in total. The molecule has 154 valence electrons. The van der Waals surface area contributed by atoms with Crippen LogP contribution in [0.5, 0.6) is 0 Å². The molecular weight excluding hydrogens is 384 g/mol. The summed E-state index contributed by atoms with van der Waals surface area (Å²) in [5.41, 5.74) is 2.43. The van der Waals surface area contributed by atoms with Crippen molar-refractivity contribution in [3.05, 3.63) is 51.3 Å². The van der Waals surface area contributed by atoms with Gasteiger partial charge in [0.15, 0.2) is 11.2 Å². The molecule has 1 aromatic carbocycles. The fraction of sp³-hybridized carbons (Fsp3) is 0.400. The fourth-order valence-corrected chi connectivity index (χ4v) is 4.11. The summed E-state index contributed by atoms with van der Waals surface area (Å²) in [5.74, 6) is -1.25. The van der Waals surface area contributed by atoms with Gasteiger partial charge in [-0.05, 0) is 43.0 Å².